The van der Waals surface area contributed by atoms with Crippen LogP contribution in [0.15, 0.2) is 215 Å². The third-order valence-electron chi connectivity index (χ3n) is 16.5. The number of hydrogen-bond acceptors (Lipinski definition) is 3. The molecule has 0 atom stereocenters. The molecule has 6 heterocycles. The van der Waals surface area contributed by atoms with Gasteiger partial charge in [0, 0.05) is 53.9 Å². The Morgan fingerprint density at radius 1 is 0.359 bits per heavy atom. The van der Waals surface area contributed by atoms with E-state index in [9.17, 15) is 11.8 Å². The molecule has 0 aliphatic carbocycles. The van der Waals surface area contributed by atoms with Crippen LogP contribution in [0.3, 0.4) is 0 Å². The molecule has 0 aliphatic rings. The summed E-state index contributed by atoms with van der Waals surface area (Å²) in [5, 5.41) is 24.7. The van der Waals surface area contributed by atoms with E-state index in [0.29, 0.717) is 34.0 Å². The Kier molecular flexibility index (Phi) is 8.40. The maximum Gasteiger partial charge on any atom is 0.237 e. The fraction of sp³-hybridized carbons (Fsp3) is 0.0286. The van der Waals surface area contributed by atoms with Crippen LogP contribution in [0.2, 0.25) is 0 Å². The smallest absolute Gasteiger partial charge is 0.237 e. The largest absolute Gasteiger partial charge is 0.455 e. The minimum Gasteiger partial charge on any atom is -0.455 e. The molecule has 0 radical (unpaired) electrons. The first-order valence-corrected chi connectivity index (χ1v) is 26.2. The van der Waals surface area contributed by atoms with Crippen molar-refractivity contribution in [2.45, 2.75) is 13.8 Å². The van der Waals surface area contributed by atoms with Crippen LogP contribution >= 0.6 is 0 Å². The van der Waals surface area contributed by atoms with E-state index >= 15 is 0 Å². The lowest BCUT2D eigenvalue weighted by Crippen LogP contribution is -2.14. The molecule has 0 spiro atoms. The number of nitrogens with zero attached hydrogens (tertiary/aromatic N) is 6. The minimum absolute atomic E-state index is 0.319. The number of hydrogen-bond donors (Lipinski definition) is 0. The number of para-hydroxylation sites is 6. The third-order valence-corrected chi connectivity index (χ3v) is 16.5. The van der Waals surface area contributed by atoms with Crippen molar-refractivity contribution in [3.63, 3.8) is 0 Å². The van der Waals surface area contributed by atoms with Gasteiger partial charge < -0.3 is 27.1 Å². The standard InChI is InChI=1S/C70H40N6O2/c1-39-28-32-56-49(36-39)62-58(34-30-47-45-20-8-14-26-60(45)77-69(47)62)75(56)66-51(38-71)65(73-52-22-10-4-16-41(52)42-17-5-11-23-53(42)73)64(72-3)67(68(66)74-54-24-12-6-18-43(54)44-19-7-13-25-55(44)74)76-57-33-29-40(2)37-50(57)63-59(76)35-31-48-46-21-9-15-27-61(46)78-70(48)63/h4-37H,1-2H3. The molecule has 8 heteroatoms. The summed E-state index contributed by atoms with van der Waals surface area (Å²) in [5.74, 6) is 0. The Bertz CT molecular complexity index is 5300. The van der Waals surface area contributed by atoms with E-state index in [1.165, 1.54) is 0 Å². The summed E-state index contributed by atoms with van der Waals surface area (Å²) in [6.45, 7) is 14.1. The summed E-state index contributed by atoms with van der Waals surface area (Å²) in [5.41, 5.74) is 15.5. The Labute approximate surface area is 444 Å². The average Bonchev–Trinajstić information content (AvgIpc) is 4.50. The van der Waals surface area contributed by atoms with Gasteiger partial charge in [0.25, 0.3) is 0 Å². The van der Waals surface area contributed by atoms with E-state index in [2.05, 4.69) is 208 Å². The monoisotopic (exact) mass is 996 g/mol. The first-order valence-electron chi connectivity index (χ1n) is 26.2. The molecule has 0 N–H and O–H groups in total. The van der Waals surface area contributed by atoms with Crippen LogP contribution in [-0.2, 0) is 0 Å². The highest BCUT2D eigenvalue weighted by Gasteiger charge is 2.35. The summed E-state index contributed by atoms with van der Waals surface area (Å²) in [6, 6.07) is 74.8. The summed E-state index contributed by atoms with van der Waals surface area (Å²) in [4.78, 5) is 4.78. The van der Waals surface area contributed by atoms with Crippen molar-refractivity contribution in [3.05, 3.63) is 234 Å². The highest BCUT2D eigenvalue weighted by Crippen LogP contribution is 2.53. The van der Waals surface area contributed by atoms with Crippen LogP contribution in [0.1, 0.15) is 16.7 Å². The van der Waals surface area contributed by atoms with Crippen molar-refractivity contribution in [3.8, 4) is 28.8 Å². The molecule has 8 nitrogen and oxygen atoms in total. The second kappa shape index (κ2) is 15.4. The molecule has 0 bridgehead atoms. The fourth-order valence-corrected chi connectivity index (χ4v) is 13.4. The minimum atomic E-state index is 0.319. The van der Waals surface area contributed by atoms with Gasteiger partial charge in [-0.1, -0.05) is 132 Å². The number of aromatic nitrogens is 4. The van der Waals surface area contributed by atoms with Gasteiger partial charge in [-0.3, -0.25) is 0 Å². The number of benzene rings is 11. The number of nitriles is 1. The zero-order valence-electron chi connectivity index (χ0n) is 42.1. The van der Waals surface area contributed by atoms with Crippen molar-refractivity contribution >= 4 is 137 Å². The number of rotatable bonds is 4. The van der Waals surface area contributed by atoms with E-state index in [4.69, 9.17) is 13.7 Å². The molecule has 6 aromatic heterocycles. The SMILES string of the molecule is [C-]#[N+]c1c(-n2c3ccccc3c3ccccc32)c(C#N)c(-n2c3ccc(C)cc3c3c4oc5ccccc5c4ccc32)c(-n2c3ccccc3c3ccccc32)c1-n1c2ccc(C)cc2c2c3oc4ccccc4c3ccc21. The average molecular weight is 997 g/mol. The van der Waals surface area contributed by atoms with E-state index in [1.807, 2.05) is 36.4 Å². The second-order valence-corrected chi connectivity index (χ2v) is 20.7. The molecule has 0 amide bonds. The van der Waals surface area contributed by atoms with Crippen LogP contribution in [0.25, 0.3) is 159 Å². The van der Waals surface area contributed by atoms with Crippen LogP contribution in [0, 0.1) is 31.8 Å². The maximum absolute atomic E-state index is 12.6. The molecule has 17 rings (SSSR count). The number of furan rings is 2. The summed E-state index contributed by atoms with van der Waals surface area (Å²) < 4.78 is 23.0. The Hall–Kier alpha value is -10.8. The van der Waals surface area contributed by atoms with Gasteiger partial charge in [-0.05, 0) is 98.8 Å². The lowest BCUT2D eigenvalue weighted by Gasteiger charge is -2.27. The molecule has 0 saturated heterocycles. The van der Waals surface area contributed by atoms with Crippen LogP contribution in [0.5, 0.6) is 0 Å². The zero-order chi connectivity index (χ0) is 51.7. The molecule has 0 aliphatic heterocycles. The van der Waals surface area contributed by atoms with Gasteiger partial charge in [-0.15, -0.1) is 0 Å². The maximum atomic E-state index is 12.6. The molecular weight excluding hydrogens is 957 g/mol. The molecule has 0 unspecified atom stereocenters. The van der Waals surface area contributed by atoms with Crippen molar-refractivity contribution in [1.29, 1.82) is 5.26 Å². The third kappa shape index (κ3) is 5.39. The molecule has 78 heavy (non-hydrogen) atoms. The van der Waals surface area contributed by atoms with Crippen LogP contribution in [0.4, 0.5) is 5.69 Å². The lowest BCUT2D eigenvalue weighted by atomic mass is 10.0. The molecular formula is C70H40N6O2. The van der Waals surface area contributed by atoms with Crippen molar-refractivity contribution in [2.75, 3.05) is 0 Å². The molecule has 17 aromatic rings. The first kappa shape index (κ1) is 42.5. The van der Waals surface area contributed by atoms with Gasteiger partial charge in [-0.2, -0.15) is 5.26 Å². The van der Waals surface area contributed by atoms with Crippen molar-refractivity contribution in [1.82, 2.24) is 18.3 Å². The summed E-state index contributed by atoms with van der Waals surface area (Å²) in [6.07, 6.45) is 0. The first-order chi connectivity index (χ1) is 38.5. The van der Waals surface area contributed by atoms with Gasteiger partial charge >= 0.3 is 0 Å². The van der Waals surface area contributed by atoms with Gasteiger partial charge in [-0.25, -0.2) is 4.85 Å². The number of aryl methyl sites for hydroxylation is 2. The normalized spacial score (nSPS) is 12.2. The van der Waals surface area contributed by atoms with Gasteiger partial charge in [0.05, 0.1) is 89.8 Å². The van der Waals surface area contributed by atoms with Crippen molar-refractivity contribution < 1.29 is 8.83 Å². The topological polar surface area (TPSA) is 74.2 Å². The van der Waals surface area contributed by atoms with E-state index < -0.39 is 0 Å². The van der Waals surface area contributed by atoms with E-state index in [1.54, 1.807) is 0 Å². The molecule has 362 valence electrons. The lowest BCUT2D eigenvalue weighted by molar-refractivity contribution is 0.672. The predicted octanol–water partition coefficient (Wildman–Crippen LogP) is 18.9. The highest BCUT2D eigenvalue weighted by atomic mass is 16.3. The van der Waals surface area contributed by atoms with Crippen LogP contribution in [-0.4, -0.2) is 18.3 Å². The van der Waals surface area contributed by atoms with Gasteiger partial charge in [0.2, 0.25) is 5.69 Å². The Morgan fingerprint density at radius 3 is 1.15 bits per heavy atom. The molecule has 0 fully saturated rings. The highest BCUT2D eigenvalue weighted by molar-refractivity contribution is 6.27. The van der Waals surface area contributed by atoms with E-state index in [-0.39, 0.29) is 0 Å². The molecule has 11 aromatic carbocycles. The zero-order valence-corrected chi connectivity index (χ0v) is 42.1. The van der Waals surface area contributed by atoms with Crippen LogP contribution < -0.4 is 0 Å². The van der Waals surface area contributed by atoms with Gasteiger partial charge in [0.15, 0.2) is 0 Å². The quantitative estimate of drug-likeness (QED) is 0.165. The van der Waals surface area contributed by atoms with Crippen molar-refractivity contribution in [2.24, 2.45) is 0 Å². The molecule has 0 saturated carbocycles. The van der Waals surface area contributed by atoms with E-state index in [0.717, 1.165) is 142 Å². The second-order valence-electron chi connectivity index (χ2n) is 20.7. The Balaban J connectivity index is 1.20. The van der Waals surface area contributed by atoms with Gasteiger partial charge in [0.1, 0.15) is 28.4 Å². The predicted molar refractivity (Wildman–Crippen MR) is 319 cm³/mol. The summed E-state index contributed by atoms with van der Waals surface area (Å²) >= 11 is 0. The number of fused-ring (bicyclic) bond motifs is 20. The summed E-state index contributed by atoms with van der Waals surface area (Å²) in [7, 11) is 0. The Morgan fingerprint density at radius 2 is 0.718 bits per heavy atom. The fourth-order valence-electron chi connectivity index (χ4n) is 13.4.